The van der Waals surface area contributed by atoms with E-state index in [1.165, 1.54) is 0 Å². The summed E-state index contributed by atoms with van der Waals surface area (Å²) in [4.78, 5) is 18.1. The highest BCUT2D eigenvalue weighted by Crippen LogP contribution is 2.31. The average molecular weight is 481 g/mol. The molecule has 1 aliphatic rings. The molecule has 4 aromatic rings. The first-order chi connectivity index (χ1) is 16.5. The molecule has 1 saturated heterocycles. The number of hydrogen-bond acceptors (Lipinski definition) is 9. The largest absolute Gasteiger partial charge is 0.508 e. The standard InChI is InChI=1S/C23H25ClN8O2/c1-15-25-20(13-22(26-15)31-8-6-30(7-9-31)10-11-33)27-23-28-21-5-2-16(14-32(21)29-23)18-12-17(34)3-4-19(18)24/h2-5,12-14,33-34H,6-11H2,1H3,(H,25,26,27,29). The van der Waals surface area contributed by atoms with Gasteiger partial charge in [-0.1, -0.05) is 11.6 Å². The maximum absolute atomic E-state index is 9.82. The number of anilines is 3. The number of hydrogen-bond donors (Lipinski definition) is 3. The molecule has 0 amide bonds. The summed E-state index contributed by atoms with van der Waals surface area (Å²) >= 11 is 6.31. The number of aliphatic hydroxyl groups excluding tert-OH is 1. The molecule has 0 aliphatic carbocycles. The summed E-state index contributed by atoms with van der Waals surface area (Å²) in [6.07, 6.45) is 1.82. The second-order valence-electron chi connectivity index (χ2n) is 8.16. The second kappa shape index (κ2) is 9.41. The molecule has 0 unspecified atom stereocenters. The Morgan fingerprint density at radius 3 is 2.65 bits per heavy atom. The van der Waals surface area contributed by atoms with Crippen LogP contribution in [0.25, 0.3) is 16.8 Å². The van der Waals surface area contributed by atoms with E-state index in [9.17, 15) is 5.11 Å². The number of aryl methyl sites for hydroxylation is 1. The fourth-order valence-corrected chi connectivity index (χ4v) is 4.29. The van der Waals surface area contributed by atoms with Crippen LogP contribution >= 0.6 is 11.6 Å². The normalized spacial score (nSPS) is 14.6. The molecule has 0 spiro atoms. The summed E-state index contributed by atoms with van der Waals surface area (Å²) in [5.74, 6) is 2.68. The number of phenols is 1. The third-order valence-electron chi connectivity index (χ3n) is 5.77. The van der Waals surface area contributed by atoms with Gasteiger partial charge in [0.2, 0.25) is 5.95 Å². The van der Waals surface area contributed by atoms with Gasteiger partial charge in [-0.2, -0.15) is 4.98 Å². The van der Waals surface area contributed by atoms with Gasteiger partial charge >= 0.3 is 0 Å². The zero-order chi connectivity index (χ0) is 23.7. The van der Waals surface area contributed by atoms with Crippen LogP contribution in [0.15, 0.2) is 42.6 Å². The van der Waals surface area contributed by atoms with Crippen LogP contribution in [0.3, 0.4) is 0 Å². The summed E-state index contributed by atoms with van der Waals surface area (Å²) in [5.41, 5.74) is 2.18. The summed E-state index contributed by atoms with van der Waals surface area (Å²) in [6, 6.07) is 10.5. The van der Waals surface area contributed by atoms with Gasteiger partial charge in [-0.05, 0) is 37.3 Å². The fourth-order valence-electron chi connectivity index (χ4n) is 4.06. The van der Waals surface area contributed by atoms with Crippen molar-refractivity contribution in [1.82, 2.24) is 29.5 Å². The molecule has 34 heavy (non-hydrogen) atoms. The first-order valence-electron chi connectivity index (χ1n) is 11.0. The first-order valence-corrected chi connectivity index (χ1v) is 11.4. The molecule has 3 N–H and O–H groups in total. The Balaban J connectivity index is 1.36. The van der Waals surface area contributed by atoms with E-state index in [2.05, 4.69) is 35.2 Å². The molecule has 11 heteroatoms. The van der Waals surface area contributed by atoms with E-state index in [-0.39, 0.29) is 12.4 Å². The molecule has 0 bridgehead atoms. The number of phenolic OH excluding ortho intramolecular Hbond substituents is 1. The van der Waals surface area contributed by atoms with Gasteiger partial charge in [0.25, 0.3) is 0 Å². The molecule has 0 radical (unpaired) electrons. The van der Waals surface area contributed by atoms with Crippen LogP contribution in [-0.4, -0.2) is 79.0 Å². The molecule has 5 rings (SSSR count). The third-order valence-corrected chi connectivity index (χ3v) is 6.10. The summed E-state index contributed by atoms with van der Waals surface area (Å²) in [5, 5.41) is 27.2. The number of nitrogens with zero attached hydrogens (tertiary/aromatic N) is 7. The number of aliphatic hydroxyl groups is 1. The molecule has 1 fully saturated rings. The van der Waals surface area contributed by atoms with Gasteiger partial charge in [-0.25, -0.2) is 14.5 Å². The number of aromatic hydroxyl groups is 1. The van der Waals surface area contributed by atoms with Crippen molar-refractivity contribution >= 4 is 34.8 Å². The smallest absolute Gasteiger partial charge is 0.248 e. The van der Waals surface area contributed by atoms with Gasteiger partial charge in [-0.3, -0.25) is 4.90 Å². The zero-order valence-electron chi connectivity index (χ0n) is 18.7. The molecular weight excluding hydrogens is 456 g/mol. The Labute approximate surface area is 201 Å². The number of halogens is 1. The lowest BCUT2D eigenvalue weighted by atomic mass is 10.1. The van der Waals surface area contributed by atoms with Crippen LogP contribution < -0.4 is 10.2 Å². The predicted molar refractivity (Wildman–Crippen MR) is 131 cm³/mol. The van der Waals surface area contributed by atoms with E-state index in [4.69, 9.17) is 16.7 Å². The van der Waals surface area contributed by atoms with Gasteiger partial charge in [0.05, 0.1) is 6.61 Å². The van der Waals surface area contributed by atoms with E-state index >= 15 is 0 Å². The highest BCUT2D eigenvalue weighted by molar-refractivity contribution is 6.33. The minimum atomic E-state index is 0.144. The fraction of sp³-hybridized carbons (Fsp3) is 0.304. The number of pyridine rings is 1. The van der Waals surface area contributed by atoms with Gasteiger partial charge in [0.15, 0.2) is 5.65 Å². The number of fused-ring (bicyclic) bond motifs is 1. The minimum absolute atomic E-state index is 0.144. The predicted octanol–water partition coefficient (Wildman–Crippen LogP) is 2.71. The number of β-amino-alcohol motifs (C(OH)–C–C–N with tert-alkyl or cyclic N) is 1. The highest BCUT2D eigenvalue weighted by atomic mass is 35.5. The molecule has 0 saturated carbocycles. The lowest BCUT2D eigenvalue weighted by Crippen LogP contribution is -2.47. The summed E-state index contributed by atoms with van der Waals surface area (Å²) in [6.45, 7) is 6.17. The first kappa shape index (κ1) is 22.3. The number of piperazine rings is 1. The topological polar surface area (TPSA) is 115 Å². The Bertz CT molecular complexity index is 1320. The molecule has 1 aromatic carbocycles. The molecule has 176 valence electrons. The molecular formula is C23H25ClN8O2. The number of aromatic nitrogens is 5. The Morgan fingerprint density at radius 2 is 1.85 bits per heavy atom. The van der Waals surface area contributed by atoms with E-state index in [0.29, 0.717) is 40.4 Å². The third kappa shape index (κ3) is 4.74. The van der Waals surface area contributed by atoms with Crippen LogP contribution in [0, 0.1) is 6.92 Å². The van der Waals surface area contributed by atoms with E-state index in [1.807, 2.05) is 31.3 Å². The Kier molecular flexibility index (Phi) is 6.18. The Morgan fingerprint density at radius 1 is 1.03 bits per heavy atom. The van der Waals surface area contributed by atoms with Crippen LogP contribution in [0.1, 0.15) is 5.82 Å². The molecule has 10 nitrogen and oxygen atoms in total. The second-order valence-corrected chi connectivity index (χ2v) is 8.56. The van der Waals surface area contributed by atoms with Crippen molar-refractivity contribution in [2.75, 3.05) is 49.5 Å². The molecule has 3 aromatic heterocycles. The molecule has 4 heterocycles. The highest BCUT2D eigenvalue weighted by Gasteiger charge is 2.19. The van der Waals surface area contributed by atoms with Gasteiger partial charge in [-0.15, -0.1) is 5.10 Å². The summed E-state index contributed by atoms with van der Waals surface area (Å²) < 4.78 is 1.66. The van der Waals surface area contributed by atoms with Crippen molar-refractivity contribution in [3.05, 3.63) is 53.4 Å². The zero-order valence-corrected chi connectivity index (χ0v) is 19.4. The van der Waals surface area contributed by atoms with Crippen molar-refractivity contribution in [3.8, 4) is 16.9 Å². The molecule has 1 aliphatic heterocycles. The lowest BCUT2D eigenvalue weighted by molar-refractivity contribution is 0.188. The quantitative estimate of drug-likeness (QED) is 0.383. The van der Waals surface area contributed by atoms with Gasteiger partial charge in [0.1, 0.15) is 23.2 Å². The van der Waals surface area contributed by atoms with Crippen molar-refractivity contribution in [2.24, 2.45) is 0 Å². The van der Waals surface area contributed by atoms with Crippen molar-refractivity contribution < 1.29 is 10.2 Å². The van der Waals surface area contributed by atoms with Crippen LogP contribution in [0.4, 0.5) is 17.6 Å². The van der Waals surface area contributed by atoms with E-state index in [1.54, 1.807) is 22.7 Å². The number of nitrogens with one attached hydrogen (secondary N) is 1. The molecule has 0 atom stereocenters. The van der Waals surface area contributed by atoms with Gasteiger partial charge < -0.3 is 20.4 Å². The van der Waals surface area contributed by atoms with E-state index < -0.39 is 0 Å². The monoisotopic (exact) mass is 480 g/mol. The Hall–Kier alpha value is -3.47. The maximum Gasteiger partial charge on any atom is 0.248 e. The number of benzene rings is 1. The SMILES string of the molecule is Cc1nc(Nc2nc3ccc(-c4cc(O)ccc4Cl)cn3n2)cc(N2CCN(CCO)CC2)n1. The van der Waals surface area contributed by atoms with Crippen LogP contribution in [0.5, 0.6) is 5.75 Å². The van der Waals surface area contributed by atoms with Gasteiger partial charge in [0, 0.05) is 61.1 Å². The minimum Gasteiger partial charge on any atom is -0.508 e. The average Bonchev–Trinajstić information content (AvgIpc) is 3.22. The van der Waals surface area contributed by atoms with Crippen molar-refractivity contribution in [3.63, 3.8) is 0 Å². The lowest BCUT2D eigenvalue weighted by Gasteiger charge is -2.35. The summed E-state index contributed by atoms with van der Waals surface area (Å²) in [7, 11) is 0. The van der Waals surface area contributed by atoms with Crippen molar-refractivity contribution in [1.29, 1.82) is 0 Å². The van der Waals surface area contributed by atoms with Crippen molar-refractivity contribution in [2.45, 2.75) is 6.92 Å². The maximum atomic E-state index is 9.82. The number of rotatable bonds is 6. The van der Waals surface area contributed by atoms with Crippen LogP contribution in [-0.2, 0) is 0 Å². The van der Waals surface area contributed by atoms with Crippen LogP contribution in [0.2, 0.25) is 5.02 Å². The van der Waals surface area contributed by atoms with E-state index in [0.717, 1.165) is 37.6 Å².